The largest absolute Gasteiger partial charge is 0.376 e. The highest BCUT2D eigenvalue weighted by atomic mass is 79.9. The lowest BCUT2D eigenvalue weighted by Crippen LogP contribution is -2.38. The van der Waals surface area contributed by atoms with E-state index in [4.69, 9.17) is 4.74 Å². The number of halogens is 2. The topological polar surface area (TPSA) is 46.6 Å². The summed E-state index contributed by atoms with van der Waals surface area (Å²) in [5.41, 5.74) is 0. The van der Waals surface area contributed by atoms with E-state index in [1.54, 1.807) is 0 Å². The highest BCUT2D eigenvalue weighted by Gasteiger charge is 2.66. The molecule has 0 aromatic rings. The van der Waals surface area contributed by atoms with E-state index in [-0.39, 0.29) is 29.8 Å². The number of hydrogen-bond donors (Lipinski definition) is 0. The number of ether oxygens (including phenoxy) is 1. The van der Waals surface area contributed by atoms with Crippen molar-refractivity contribution in [1.82, 2.24) is 4.90 Å². The van der Waals surface area contributed by atoms with E-state index < -0.39 is 0 Å². The summed E-state index contributed by atoms with van der Waals surface area (Å²) in [6.45, 7) is 1.22. The first-order valence-corrected chi connectivity index (χ1v) is 9.17. The minimum Gasteiger partial charge on any atom is -0.376 e. The van der Waals surface area contributed by atoms with Gasteiger partial charge >= 0.3 is 0 Å². The first-order chi connectivity index (χ1) is 9.59. The van der Waals surface area contributed by atoms with Crippen LogP contribution in [0.4, 0.5) is 0 Å². The van der Waals surface area contributed by atoms with Crippen molar-refractivity contribution in [3.8, 4) is 0 Å². The van der Waals surface area contributed by atoms with Crippen LogP contribution in [0.5, 0.6) is 0 Å². The van der Waals surface area contributed by atoms with Crippen LogP contribution in [0.25, 0.3) is 0 Å². The van der Waals surface area contributed by atoms with Crippen LogP contribution in [-0.2, 0) is 14.3 Å². The quantitative estimate of drug-likeness (QED) is 0.520. The Morgan fingerprint density at radius 3 is 2.20 bits per heavy atom. The predicted molar refractivity (Wildman–Crippen MR) is 79.7 cm³/mol. The van der Waals surface area contributed by atoms with Crippen molar-refractivity contribution >= 4 is 43.7 Å². The number of carbonyl (C=O) groups is 2. The molecule has 2 aliphatic carbocycles. The van der Waals surface area contributed by atoms with E-state index in [0.29, 0.717) is 28.0 Å². The van der Waals surface area contributed by atoms with Crippen molar-refractivity contribution in [2.75, 3.05) is 13.2 Å². The maximum atomic E-state index is 12.6. The zero-order valence-electron chi connectivity index (χ0n) is 11.0. The molecule has 2 heterocycles. The first kappa shape index (κ1) is 13.7. The van der Waals surface area contributed by atoms with Crippen LogP contribution in [0.1, 0.15) is 19.3 Å². The van der Waals surface area contributed by atoms with Gasteiger partial charge in [-0.05, 0) is 31.1 Å². The summed E-state index contributed by atoms with van der Waals surface area (Å²) in [6.07, 6.45) is 3.04. The predicted octanol–water partition coefficient (Wildman–Crippen LogP) is 1.94. The number of alkyl halides is 2. The van der Waals surface area contributed by atoms with Crippen LogP contribution in [0.3, 0.4) is 0 Å². The molecule has 2 saturated carbocycles. The van der Waals surface area contributed by atoms with Crippen molar-refractivity contribution in [2.45, 2.75) is 35.0 Å². The second-order valence-electron chi connectivity index (χ2n) is 6.43. The second-order valence-corrected chi connectivity index (χ2v) is 8.54. The number of nitrogens with zero attached hydrogens (tertiary/aromatic N) is 1. The highest BCUT2D eigenvalue weighted by Crippen LogP contribution is 2.60. The lowest BCUT2D eigenvalue weighted by Gasteiger charge is -2.28. The summed E-state index contributed by atoms with van der Waals surface area (Å²) in [5, 5.41) is 0. The van der Waals surface area contributed by atoms with Crippen molar-refractivity contribution < 1.29 is 14.3 Å². The minimum atomic E-state index is -0.0907. The smallest absolute Gasteiger partial charge is 0.233 e. The van der Waals surface area contributed by atoms with Gasteiger partial charge in [-0.25, -0.2) is 0 Å². The number of rotatable bonds is 2. The van der Waals surface area contributed by atoms with E-state index in [9.17, 15) is 9.59 Å². The van der Waals surface area contributed by atoms with Crippen LogP contribution in [0.2, 0.25) is 0 Å². The van der Waals surface area contributed by atoms with Gasteiger partial charge in [0.1, 0.15) is 0 Å². The molecule has 6 heteroatoms. The Labute approximate surface area is 134 Å². The molecular weight excluding hydrogens is 390 g/mol. The number of likely N-dealkylation sites (tertiary alicyclic amines) is 1. The molecule has 4 rings (SSSR count). The molecule has 0 aromatic heterocycles. The average Bonchev–Trinajstić information content (AvgIpc) is 3.15. The molecule has 2 saturated heterocycles. The molecule has 0 unspecified atom stereocenters. The van der Waals surface area contributed by atoms with Gasteiger partial charge < -0.3 is 4.74 Å². The number of amides is 2. The average molecular weight is 407 g/mol. The van der Waals surface area contributed by atoms with Gasteiger partial charge in [0, 0.05) is 16.3 Å². The van der Waals surface area contributed by atoms with E-state index in [1.165, 1.54) is 4.90 Å². The number of fused-ring (bicyclic) bond motifs is 5. The van der Waals surface area contributed by atoms with E-state index in [1.807, 2.05) is 0 Å². The van der Waals surface area contributed by atoms with Gasteiger partial charge in [-0.15, -0.1) is 0 Å². The first-order valence-electron chi connectivity index (χ1n) is 7.34. The molecule has 2 aliphatic heterocycles. The molecule has 4 fully saturated rings. The maximum Gasteiger partial charge on any atom is 0.233 e. The summed E-state index contributed by atoms with van der Waals surface area (Å²) in [5.74, 6) is 0.526. The third kappa shape index (κ3) is 1.73. The van der Waals surface area contributed by atoms with Crippen LogP contribution in [0, 0.1) is 23.7 Å². The Hall–Kier alpha value is 0.0600. The van der Waals surface area contributed by atoms with Crippen LogP contribution in [-0.4, -0.2) is 45.6 Å². The van der Waals surface area contributed by atoms with Gasteiger partial charge in [0.05, 0.1) is 24.5 Å². The molecule has 0 N–H and O–H groups in total. The molecule has 20 heavy (non-hydrogen) atoms. The Kier molecular flexibility index (Phi) is 3.28. The molecule has 0 aromatic carbocycles. The van der Waals surface area contributed by atoms with E-state index in [2.05, 4.69) is 31.9 Å². The number of imide groups is 1. The maximum absolute atomic E-state index is 12.6. The van der Waals surface area contributed by atoms with Crippen molar-refractivity contribution in [2.24, 2.45) is 23.7 Å². The minimum absolute atomic E-state index is 0.0480. The summed E-state index contributed by atoms with van der Waals surface area (Å²) in [7, 11) is 0. The van der Waals surface area contributed by atoms with Gasteiger partial charge in [0.2, 0.25) is 11.8 Å². The summed E-state index contributed by atoms with van der Waals surface area (Å²) >= 11 is 7.40. The zero-order valence-corrected chi connectivity index (χ0v) is 14.2. The Morgan fingerprint density at radius 1 is 1.10 bits per heavy atom. The third-order valence-electron chi connectivity index (χ3n) is 5.49. The summed E-state index contributed by atoms with van der Waals surface area (Å²) in [6, 6.07) is 0. The van der Waals surface area contributed by atoms with Crippen molar-refractivity contribution in [3.05, 3.63) is 0 Å². The fourth-order valence-corrected chi connectivity index (χ4v) is 6.46. The fourth-order valence-electron chi connectivity index (χ4n) is 4.58. The molecular formula is C14H17Br2NO3. The number of hydrogen-bond acceptors (Lipinski definition) is 3. The van der Waals surface area contributed by atoms with Gasteiger partial charge in [-0.3, -0.25) is 14.5 Å². The zero-order chi connectivity index (χ0) is 14.0. The van der Waals surface area contributed by atoms with Gasteiger partial charge in [-0.1, -0.05) is 31.9 Å². The van der Waals surface area contributed by atoms with Gasteiger partial charge in [-0.2, -0.15) is 0 Å². The second kappa shape index (κ2) is 4.78. The van der Waals surface area contributed by atoms with Crippen molar-refractivity contribution in [1.29, 1.82) is 0 Å². The van der Waals surface area contributed by atoms with Gasteiger partial charge in [0.25, 0.3) is 0 Å². The Bertz CT molecular complexity index is 433. The molecule has 0 radical (unpaired) electrons. The van der Waals surface area contributed by atoms with Crippen LogP contribution < -0.4 is 0 Å². The van der Waals surface area contributed by atoms with Crippen LogP contribution in [0.15, 0.2) is 0 Å². The number of carbonyl (C=O) groups excluding carboxylic acids is 2. The standard InChI is InChI=1S/C14H17Br2NO3/c15-11-7-4-8(12(11)16)10-9(7)13(18)17(14(10)19)5-6-2-1-3-20-6/h6-12H,1-5H2/t6-,7+,8+,9+,10+,11-,12+/m1/s1. The lowest BCUT2D eigenvalue weighted by atomic mass is 9.81. The van der Waals surface area contributed by atoms with E-state index in [0.717, 1.165) is 25.9 Å². The lowest BCUT2D eigenvalue weighted by molar-refractivity contribution is -0.142. The highest BCUT2D eigenvalue weighted by molar-refractivity contribution is 9.12. The molecule has 7 atom stereocenters. The summed E-state index contributed by atoms with van der Waals surface area (Å²) in [4.78, 5) is 27.4. The normalized spacial score (nSPS) is 50.3. The summed E-state index contributed by atoms with van der Waals surface area (Å²) < 4.78 is 5.58. The van der Waals surface area contributed by atoms with E-state index >= 15 is 0 Å². The van der Waals surface area contributed by atoms with Crippen molar-refractivity contribution in [3.63, 3.8) is 0 Å². The molecule has 2 amide bonds. The molecule has 4 nitrogen and oxygen atoms in total. The molecule has 110 valence electrons. The monoisotopic (exact) mass is 405 g/mol. The fraction of sp³-hybridized carbons (Fsp3) is 0.857. The molecule has 4 aliphatic rings. The Balaban J connectivity index is 1.57. The Morgan fingerprint density at radius 2 is 1.70 bits per heavy atom. The van der Waals surface area contributed by atoms with Gasteiger partial charge in [0.15, 0.2) is 0 Å². The van der Waals surface area contributed by atoms with Crippen LogP contribution >= 0.6 is 31.9 Å². The third-order valence-corrected chi connectivity index (χ3v) is 8.70. The SMILES string of the molecule is O=C1[C@H]2[C@@H]3C[C@H]([C@@H](Br)[C@H]3Br)[C@@H]2C(=O)N1C[C@H]1CCCO1. The molecule has 2 bridgehead atoms. The molecule has 0 spiro atoms.